The number of ether oxygens (including phenoxy) is 1. The number of rotatable bonds is 6. The topological polar surface area (TPSA) is 63.2 Å². The SMILES string of the molecule is CCOc1cccc(C(C)NC(=O)NCc2ccccn2)c1. The van der Waals surface area contributed by atoms with Gasteiger partial charge >= 0.3 is 6.03 Å². The van der Waals surface area contributed by atoms with Crippen LogP contribution in [-0.4, -0.2) is 17.6 Å². The summed E-state index contributed by atoms with van der Waals surface area (Å²) in [7, 11) is 0. The molecule has 1 heterocycles. The Labute approximate surface area is 130 Å². The standard InChI is InChI=1S/C17H21N3O2/c1-3-22-16-9-6-7-14(11-16)13(2)20-17(21)19-12-15-8-4-5-10-18-15/h4-11,13H,3,12H2,1-2H3,(H2,19,20,21). The van der Waals surface area contributed by atoms with Crippen molar-refractivity contribution in [3.63, 3.8) is 0 Å². The van der Waals surface area contributed by atoms with Gasteiger partial charge in [-0.05, 0) is 43.7 Å². The maximum Gasteiger partial charge on any atom is 0.315 e. The zero-order valence-electron chi connectivity index (χ0n) is 12.9. The van der Waals surface area contributed by atoms with E-state index < -0.39 is 0 Å². The van der Waals surface area contributed by atoms with Crippen LogP contribution in [0.25, 0.3) is 0 Å². The molecule has 2 aromatic rings. The highest BCUT2D eigenvalue weighted by Crippen LogP contribution is 2.18. The Kier molecular flexibility index (Phi) is 5.77. The quantitative estimate of drug-likeness (QED) is 0.861. The van der Waals surface area contributed by atoms with Gasteiger partial charge in [0, 0.05) is 6.20 Å². The van der Waals surface area contributed by atoms with Gasteiger partial charge in [-0.15, -0.1) is 0 Å². The molecule has 1 aromatic carbocycles. The van der Waals surface area contributed by atoms with E-state index in [1.807, 2.05) is 56.3 Å². The maximum atomic E-state index is 11.9. The lowest BCUT2D eigenvalue weighted by atomic mass is 10.1. The average Bonchev–Trinajstić information content (AvgIpc) is 2.54. The molecular weight excluding hydrogens is 278 g/mol. The lowest BCUT2D eigenvalue weighted by molar-refractivity contribution is 0.237. The van der Waals surface area contributed by atoms with Crippen molar-refractivity contribution in [1.82, 2.24) is 15.6 Å². The molecular formula is C17H21N3O2. The molecule has 5 nitrogen and oxygen atoms in total. The van der Waals surface area contributed by atoms with Crippen LogP contribution in [0.15, 0.2) is 48.7 Å². The molecule has 0 fully saturated rings. The molecule has 0 aliphatic heterocycles. The third kappa shape index (κ3) is 4.77. The first-order chi connectivity index (χ1) is 10.7. The molecule has 2 N–H and O–H groups in total. The van der Waals surface area contributed by atoms with Gasteiger partial charge in [-0.2, -0.15) is 0 Å². The Morgan fingerprint density at radius 3 is 2.86 bits per heavy atom. The van der Waals surface area contributed by atoms with Crippen LogP contribution in [0, 0.1) is 0 Å². The van der Waals surface area contributed by atoms with Gasteiger partial charge in [0.15, 0.2) is 0 Å². The lowest BCUT2D eigenvalue weighted by Crippen LogP contribution is -2.36. The second-order valence-corrected chi connectivity index (χ2v) is 4.88. The van der Waals surface area contributed by atoms with Gasteiger partial charge in [-0.1, -0.05) is 18.2 Å². The first-order valence-corrected chi connectivity index (χ1v) is 7.36. The Bertz CT molecular complexity index is 602. The van der Waals surface area contributed by atoms with Crippen LogP contribution in [0.3, 0.4) is 0 Å². The van der Waals surface area contributed by atoms with Crippen molar-refractivity contribution in [2.75, 3.05) is 6.61 Å². The van der Waals surface area contributed by atoms with Crippen LogP contribution in [-0.2, 0) is 6.54 Å². The number of urea groups is 1. The zero-order valence-corrected chi connectivity index (χ0v) is 12.9. The molecule has 2 rings (SSSR count). The molecule has 0 bridgehead atoms. The third-order valence-corrected chi connectivity index (χ3v) is 3.17. The molecule has 0 aliphatic carbocycles. The van der Waals surface area contributed by atoms with Gasteiger partial charge in [-0.3, -0.25) is 4.98 Å². The van der Waals surface area contributed by atoms with Crippen molar-refractivity contribution in [3.8, 4) is 5.75 Å². The number of aromatic nitrogens is 1. The van der Waals surface area contributed by atoms with E-state index in [-0.39, 0.29) is 12.1 Å². The predicted molar refractivity (Wildman–Crippen MR) is 85.6 cm³/mol. The molecule has 0 radical (unpaired) electrons. The Morgan fingerprint density at radius 2 is 2.14 bits per heavy atom. The first-order valence-electron chi connectivity index (χ1n) is 7.36. The molecule has 1 aromatic heterocycles. The second kappa shape index (κ2) is 8.02. The molecule has 0 saturated heterocycles. The fraction of sp³-hybridized carbons (Fsp3) is 0.294. The molecule has 0 saturated carbocycles. The highest BCUT2D eigenvalue weighted by Gasteiger charge is 2.10. The Hall–Kier alpha value is -2.56. The number of hydrogen-bond acceptors (Lipinski definition) is 3. The van der Waals surface area contributed by atoms with Gasteiger partial charge in [0.2, 0.25) is 0 Å². The summed E-state index contributed by atoms with van der Waals surface area (Å²) in [5.41, 5.74) is 1.82. The van der Waals surface area contributed by atoms with Crippen LogP contribution >= 0.6 is 0 Å². The summed E-state index contributed by atoms with van der Waals surface area (Å²) in [5, 5.41) is 5.70. The second-order valence-electron chi connectivity index (χ2n) is 4.88. The van der Waals surface area contributed by atoms with Crippen molar-refractivity contribution < 1.29 is 9.53 Å². The molecule has 1 unspecified atom stereocenters. The largest absolute Gasteiger partial charge is 0.494 e. The molecule has 0 aliphatic rings. The van der Waals surface area contributed by atoms with Crippen LogP contribution in [0.1, 0.15) is 31.1 Å². The van der Waals surface area contributed by atoms with Crippen molar-refractivity contribution in [2.45, 2.75) is 26.4 Å². The summed E-state index contributed by atoms with van der Waals surface area (Å²) in [6.45, 7) is 4.90. The smallest absolute Gasteiger partial charge is 0.315 e. The summed E-state index contributed by atoms with van der Waals surface area (Å²) in [5.74, 6) is 0.808. The molecule has 5 heteroatoms. The van der Waals surface area contributed by atoms with E-state index in [4.69, 9.17) is 4.74 Å². The maximum absolute atomic E-state index is 11.9. The molecule has 1 atom stereocenters. The number of carbonyl (C=O) groups excluding carboxylic acids is 1. The normalized spacial score (nSPS) is 11.5. The minimum atomic E-state index is -0.222. The third-order valence-electron chi connectivity index (χ3n) is 3.17. The monoisotopic (exact) mass is 299 g/mol. The van der Waals surface area contributed by atoms with Crippen LogP contribution in [0.5, 0.6) is 5.75 Å². The van der Waals surface area contributed by atoms with Gasteiger partial charge in [-0.25, -0.2) is 4.79 Å². The van der Waals surface area contributed by atoms with E-state index in [0.29, 0.717) is 13.2 Å². The number of hydrogen-bond donors (Lipinski definition) is 2. The number of nitrogens with zero attached hydrogens (tertiary/aromatic N) is 1. The van der Waals surface area contributed by atoms with E-state index in [0.717, 1.165) is 17.0 Å². The van der Waals surface area contributed by atoms with Gasteiger partial charge in [0.05, 0.1) is 24.9 Å². The van der Waals surface area contributed by atoms with Crippen LogP contribution < -0.4 is 15.4 Å². The van der Waals surface area contributed by atoms with Gasteiger partial charge < -0.3 is 15.4 Å². The van der Waals surface area contributed by atoms with E-state index in [1.165, 1.54) is 0 Å². The average molecular weight is 299 g/mol. The van der Waals surface area contributed by atoms with Gasteiger partial charge in [0.1, 0.15) is 5.75 Å². The van der Waals surface area contributed by atoms with Crippen molar-refractivity contribution in [3.05, 3.63) is 59.9 Å². The van der Waals surface area contributed by atoms with E-state index in [2.05, 4.69) is 15.6 Å². The zero-order chi connectivity index (χ0) is 15.8. The number of nitrogens with one attached hydrogen (secondary N) is 2. The van der Waals surface area contributed by atoms with Crippen molar-refractivity contribution in [2.24, 2.45) is 0 Å². The minimum absolute atomic E-state index is 0.107. The molecule has 22 heavy (non-hydrogen) atoms. The summed E-state index contributed by atoms with van der Waals surface area (Å²) < 4.78 is 5.47. The summed E-state index contributed by atoms with van der Waals surface area (Å²) >= 11 is 0. The van der Waals surface area contributed by atoms with E-state index in [1.54, 1.807) is 6.20 Å². The summed E-state index contributed by atoms with van der Waals surface area (Å²) in [4.78, 5) is 16.1. The number of benzene rings is 1. The summed E-state index contributed by atoms with van der Waals surface area (Å²) in [6, 6.07) is 13.0. The Morgan fingerprint density at radius 1 is 1.27 bits per heavy atom. The predicted octanol–water partition coefficient (Wildman–Crippen LogP) is 3.04. The summed E-state index contributed by atoms with van der Waals surface area (Å²) in [6.07, 6.45) is 1.71. The minimum Gasteiger partial charge on any atom is -0.494 e. The fourth-order valence-electron chi connectivity index (χ4n) is 2.04. The van der Waals surface area contributed by atoms with E-state index >= 15 is 0 Å². The molecule has 116 valence electrons. The van der Waals surface area contributed by atoms with Gasteiger partial charge in [0.25, 0.3) is 0 Å². The highest BCUT2D eigenvalue weighted by atomic mass is 16.5. The lowest BCUT2D eigenvalue weighted by Gasteiger charge is -2.16. The first kappa shape index (κ1) is 15.8. The van der Waals surface area contributed by atoms with E-state index in [9.17, 15) is 4.79 Å². The van der Waals surface area contributed by atoms with Crippen molar-refractivity contribution in [1.29, 1.82) is 0 Å². The van der Waals surface area contributed by atoms with Crippen LogP contribution in [0.2, 0.25) is 0 Å². The van der Waals surface area contributed by atoms with Crippen LogP contribution in [0.4, 0.5) is 4.79 Å². The molecule has 2 amide bonds. The number of carbonyl (C=O) groups is 1. The number of amides is 2. The Balaban J connectivity index is 1.86. The van der Waals surface area contributed by atoms with Crippen molar-refractivity contribution >= 4 is 6.03 Å². The fourth-order valence-corrected chi connectivity index (χ4v) is 2.04. The number of pyridine rings is 1. The highest BCUT2D eigenvalue weighted by molar-refractivity contribution is 5.74. The molecule has 0 spiro atoms.